The van der Waals surface area contributed by atoms with E-state index >= 15 is 0 Å². The van der Waals surface area contributed by atoms with Gasteiger partial charge in [-0.25, -0.2) is 0 Å². The van der Waals surface area contributed by atoms with Gasteiger partial charge in [0.05, 0.1) is 5.41 Å². The first-order chi connectivity index (χ1) is 12.4. The van der Waals surface area contributed by atoms with Gasteiger partial charge in [0.1, 0.15) is 5.69 Å². The number of hydrogen-bond donors (Lipinski definition) is 1. The van der Waals surface area contributed by atoms with Crippen LogP contribution in [0.5, 0.6) is 0 Å². The van der Waals surface area contributed by atoms with Crippen LogP contribution in [0.2, 0.25) is 0 Å². The summed E-state index contributed by atoms with van der Waals surface area (Å²) in [7, 11) is 0. The number of rotatable bonds is 3. The molecule has 3 nitrogen and oxygen atoms in total. The molecule has 0 fully saturated rings. The summed E-state index contributed by atoms with van der Waals surface area (Å²) >= 11 is 3.63. The number of allylic oxidation sites excluding steroid dienone is 1. The molecular weight excluding hydrogens is 346 g/mol. The lowest BCUT2D eigenvalue weighted by Crippen LogP contribution is -2.28. The SMILES string of the molecule is C1=CC(c2cccs2)(c2cccs2)Cc2[nH]nc(-c3cccnc3)c21. The first-order valence-electron chi connectivity index (χ1n) is 8.12. The highest BCUT2D eigenvalue weighted by Crippen LogP contribution is 2.45. The van der Waals surface area contributed by atoms with Crippen LogP contribution < -0.4 is 0 Å². The topological polar surface area (TPSA) is 41.6 Å². The first kappa shape index (κ1) is 14.8. The van der Waals surface area contributed by atoms with Crippen LogP contribution in [-0.2, 0) is 11.8 Å². The fourth-order valence-electron chi connectivity index (χ4n) is 3.51. The van der Waals surface area contributed by atoms with Gasteiger partial charge < -0.3 is 0 Å². The molecule has 0 unspecified atom stereocenters. The van der Waals surface area contributed by atoms with Gasteiger partial charge in [-0.1, -0.05) is 24.3 Å². The number of pyridine rings is 1. The van der Waals surface area contributed by atoms with Crippen molar-refractivity contribution in [2.24, 2.45) is 0 Å². The van der Waals surface area contributed by atoms with Crippen LogP contribution in [-0.4, -0.2) is 15.2 Å². The molecule has 1 aliphatic carbocycles. The second-order valence-electron chi connectivity index (χ2n) is 6.14. The molecule has 0 amide bonds. The zero-order valence-corrected chi connectivity index (χ0v) is 15.0. The average Bonchev–Trinajstić information content (AvgIpc) is 3.43. The third-order valence-corrected chi connectivity index (χ3v) is 6.82. The molecule has 0 spiro atoms. The van der Waals surface area contributed by atoms with E-state index in [1.807, 2.05) is 34.9 Å². The smallest absolute Gasteiger partial charge is 0.101 e. The lowest BCUT2D eigenvalue weighted by atomic mass is 9.75. The van der Waals surface area contributed by atoms with Gasteiger partial charge in [0.15, 0.2) is 0 Å². The van der Waals surface area contributed by atoms with Crippen molar-refractivity contribution in [1.29, 1.82) is 0 Å². The van der Waals surface area contributed by atoms with Gasteiger partial charge in [0, 0.05) is 45.4 Å². The fraction of sp³-hybridized carbons (Fsp3) is 0.100. The van der Waals surface area contributed by atoms with E-state index in [-0.39, 0.29) is 5.41 Å². The molecule has 122 valence electrons. The van der Waals surface area contributed by atoms with Crippen molar-refractivity contribution in [3.05, 3.63) is 86.6 Å². The Kier molecular flexibility index (Phi) is 3.43. The highest BCUT2D eigenvalue weighted by atomic mass is 32.1. The Morgan fingerprint density at radius 1 is 1.00 bits per heavy atom. The lowest BCUT2D eigenvalue weighted by molar-refractivity contribution is 0.645. The second-order valence-corrected chi connectivity index (χ2v) is 8.04. The van der Waals surface area contributed by atoms with Crippen molar-refractivity contribution in [3.63, 3.8) is 0 Å². The maximum atomic E-state index is 4.59. The monoisotopic (exact) mass is 361 g/mol. The van der Waals surface area contributed by atoms with Crippen LogP contribution in [0, 0.1) is 0 Å². The number of nitrogens with one attached hydrogen (secondary N) is 1. The molecule has 0 saturated carbocycles. The van der Waals surface area contributed by atoms with Crippen molar-refractivity contribution < 1.29 is 0 Å². The molecule has 1 aliphatic rings. The largest absolute Gasteiger partial charge is 0.281 e. The maximum absolute atomic E-state index is 4.59. The third kappa shape index (κ3) is 2.31. The standard InChI is InChI=1S/C20H15N3S2/c1-4-14(13-21-9-1)19-15-7-8-20(12-16(15)22-23-19,17-5-2-10-24-17)18-6-3-11-25-18/h1-11,13H,12H2,(H,22,23). The van der Waals surface area contributed by atoms with E-state index < -0.39 is 0 Å². The molecule has 4 aromatic heterocycles. The van der Waals surface area contributed by atoms with Gasteiger partial charge in [-0.3, -0.25) is 10.1 Å². The summed E-state index contributed by atoms with van der Waals surface area (Å²) < 4.78 is 0. The summed E-state index contributed by atoms with van der Waals surface area (Å²) in [6.07, 6.45) is 9.13. The van der Waals surface area contributed by atoms with Crippen LogP contribution in [0.1, 0.15) is 21.0 Å². The average molecular weight is 361 g/mol. The molecule has 4 heterocycles. The van der Waals surface area contributed by atoms with Gasteiger partial charge in [-0.15, -0.1) is 22.7 Å². The minimum atomic E-state index is -0.103. The van der Waals surface area contributed by atoms with E-state index in [2.05, 4.69) is 68.4 Å². The van der Waals surface area contributed by atoms with Crippen molar-refractivity contribution in [1.82, 2.24) is 15.2 Å². The van der Waals surface area contributed by atoms with Crippen LogP contribution in [0.15, 0.2) is 65.6 Å². The summed E-state index contributed by atoms with van der Waals surface area (Å²) in [5, 5.41) is 12.2. The Bertz CT molecular complexity index is 978. The molecule has 0 aliphatic heterocycles. The van der Waals surface area contributed by atoms with Crippen molar-refractivity contribution >= 4 is 28.7 Å². The molecule has 0 saturated heterocycles. The molecule has 25 heavy (non-hydrogen) atoms. The van der Waals surface area contributed by atoms with Crippen LogP contribution >= 0.6 is 22.7 Å². The lowest BCUT2D eigenvalue weighted by Gasteiger charge is -2.31. The summed E-state index contributed by atoms with van der Waals surface area (Å²) in [5.74, 6) is 0. The second kappa shape index (κ2) is 5.79. The minimum absolute atomic E-state index is 0.103. The van der Waals surface area contributed by atoms with Gasteiger partial charge in [0.25, 0.3) is 0 Å². The van der Waals surface area contributed by atoms with Crippen LogP contribution in [0.3, 0.4) is 0 Å². The molecule has 0 radical (unpaired) electrons. The number of thiophene rings is 2. The predicted octanol–water partition coefficient (Wildman–Crippen LogP) is 5.15. The Morgan fingerprint density at radius 3 is 2.44 bits per heavy atom. The minimum Gasteiger partial charge on any atom is -0.281 e. The fourth-order valence-corrected chi connectivity index (χ4v) is 5.42. The van der Waals surface area contributed by atoms with Gasteiger partial charge in [0.2, 0.25) is 0 Å². The Hall–Kier alpha value is -2.50. The highest BCUT2D eigenvalue weighted by Gasteiger charge is 2.38. The highest BCUT2D eigenvalue weighted by molar-refractivity contribution is 7.11. The Labute approximate surface area is 153 Å². The Morgan fingerprint density at radius 2 is 1.80 bits per heavy atom. The van der Waals surface area contributed by atoms with Gasteiger partial charge in [-0.05, 0) is 35.0 Å². The zero-order chi connectivity index (χ0) is 16.7. The van der Waals surface area contributed by atoms with E-state index in [1.165, 1.54) is 21.0 Å². The number of aromatic nitrogens is 3. The normalized spacial score (nSPS) is 15.2. The van der Waals surface area contributed by atoms with Gasteiger partial charge >= 0.3 is 0 Å². The number of aromatic amines is 1. The quantitative estimate of drug-likeness (QED) is 0.548. The van der Waals surface area contributed by atoms with Crippen molar-refractivity contribution in [2.45, 2.75) is 11.8 Å². The van der Waals surface area contributed by atoms with E-state index in [0.717, 1.165) is 17.7 Å². The number of H-pyrrole nitrogens is 1. The molecule has 5 heteroatoms. The molecule has 0 bridgehead atoms. The zero-order valence-electron chi connectivity index (χ0n) is 13.3. The summed E-state index contributed by atoms with van der Waals surface area (Å²) in [6, 6.07) is 12.7. The number of hydrogen-bond acceptors (Lipinski definition) is 4. The predicted molar refractivity (Wildman–Crippen MR) is 104 cm³/mol. The maximum Gasteiger partial charge on any atom is 0.101 e. The summed E-state index contributed by atoms with van der Waals surface area (Å²) in [5.41, 5.74) is 4.28. The third-order valence-electron chi connectivity index (χ3n) is 4.73. The first-order valence-corrected chi connectivity index (χ1v) is 9.88. The molecule has 4 aromatic rings. The van der Waals surface area contributed by atoms with E-state index in [1.54, 1.807) is 6.20 Å². The van der Waals surface area contributed by atoms with Crippen LogP contribution in [0.25, 0.3) is 17.3 Å². The summed E-state index contributed by atoms with van der Waals surface area (Å²) in [6.45, 7) is 0. The van der Waals surface area contributed by atoms with Crippen LogP contribution in [0.4, 0.5) is 0 Å². The molecule has 1 N–H and O–H groups in total. The van der Waals surface area contributed by atoms with E-state index in [4.69, 9.17) is 0 Å². The number of nitrogens with zero attached hydrogens (tertiary/aromatic N) is 2. The van der Waals surface area contributed by atoms with Crippen molar-refractivity contribution in [2.75, 3.05) is 0 Å². The molecule has 0 aromatic carbocycles. The molecule has 0 atom stereocenters. The van der Waals surface area contributed by atoms with Gasteiger partial charge in [-0.2, -0.15) is 5.10 Å². The van der Waals surface area contributed by atoms with E-state index in [0.29, 0.717) is 0 Å². The molecule has 5 rings (SSSR count). The molecular formula is C20H15N3S2. The van der Waals surface area contributed by atoms with Crippen molar-refractivity contribution in [3.8, 4) is 11.3 Å². The number of fused-ring (bicyclic) bond motifs is 1. The van der Waals surface area contributed by atoms with E-state index in [9.17, 15) is 0 Å². The summed E-state index contributed by atoms with van der Waals surface area (Å²) in [4.78, 5) is 6.96. The Balaban J connectivity index is 1.65.